The van der Waals surface area contributed by atoms with Gasteiger partial charge in [0.15, 0.2) is 0 Å². The van der Waals surface area contributed by atoms with Gasteiger partial charge in [-0.15, -0.1) is 0 Å². The van der Waals surface area contributed by atoms with Crippen LogP contribution in [0.1, 0.15) is 10.4 Å². The van der Waals surface area contributed by atoms with Gasteiger partial charge in [0.05, 0.1) is 11.1 Å². The van der Waals surface area contributed by atoms with Crippen molar-refractivity contribution in [2.75, 3.05) is 0 Å². The number of aromatic carboxylic acids is 1. The van der Waals surface area contributed by atoms with Crippen LogP contribution in [-0.4, -0.2) is 72.2 Å². The SMILES string of the molecule is Cn1cc2c(C(=O)O)cccc2n1.[KH]. The molecule has 2 rings (SSSR count). The Labute approximate surface area is 123 Å². The first-order valence-electron chi connectivity index (χ1n) is 3.84. The Morgan fingerprint density at radius 2 is 2.21 bits per heavy atom. The van der Waals surface area contributed by atoms with Gasteiger partial charge in [-0.05, 0) is 12.1 Å². The van der Waals surface area contributed by atoms with Gasteiger partial charge in [-0.3, -0.25) is 4.68 Å². The maximum atomic E-state index is 10.8. The van der Waals surface area contributed by atoms with E-state index < -0.39 is 5.97 Å². The summed E-state index contributed by atoms with van der Waals surface area (Å²) in [6, 6.07) is 5.06. The second kappa shape index (κ2) is 4.54. The van der Waals surface area contributed by atoms with Crippen LogP contribution in [0.2, 0.25) is 0 Å². The van der Waals surface area contributed by atoms with Crippen molar-refractivity contribution in [1.82, 2.24) is 9.78 Å². The number of benzene rings is 1. The number of carbonyl (C=O) groups is 1. The Bertz CT molecular complexity index is 479. The van der Waals surface area contributed by atoms with Crippen molar-refractivity contribution in [1.29, 1.82) is 0 Å². The molecule has 0 unspecified atom stereocenters. The van der Waals surface area contributed by atoms with Gasteiger partial charge >= 0.3 is 57.4 Å². The molecule has 0 amide bonds. The van der Waals surface area contributed by atoms with Crippen molar-refractivity contribution in [3.05, 3.63) is 30.0 Å². The van der Waals surface area contributed by atoms with E-state index >= 15 is 0 Å². The van der Waals surface area contributed by atoms with E-state index in [2.05, 4.69) is 5.10 Å². The molecule has 68 valence electrons. The van der Waals surface area contributed by atoms with Crippen LogP contribution in [0.25, 0.3) is 10.9 Å². The van der Waals surface area contributed by atoms with Crippen LogP contribution in [0.4, 0.5) is 0 Å². The number of aryl methyl sites for hydroxylation is 1. The Hall–Kier alpha value is -0.204. The summed E-state index contributed by atoms with van der Waals surface area (Å²) in [5.74, 6) is -0.918. The Morgan fingerprint density at radius 1 is 1.50 bits per heavy atom. The standard InChI is InChI=1S/C9H8N2O2.K.H/c1-11-5-7-6(9(12)13)3-2-4-8(7)10-11;;/h2-5H,1H3,(H,12,13);;. The summed E-state index contributed by atoms with van der Waals surface area (Å²) in [4.78, 5) is 10.8. The topological polar surface area (TPSA) is 55.1 Å². The molecule has 1 N–H and O–H groups in total. The number of hydrogen-bond acceptors (Lipinski definition) is 2. The normalized spacial score (nSPS) is 9.79. The van der Waals surface area contributed by atoms with Crippen molar-refractivity contribution in [2.45, 2.75) is 0 Å². The van der Waals surface area contributed by atoms with E-state index in [0.29, 0.717) is 16.5 Å². The fourth-order valence-electron chi connectivity index (χ4n) is 1.35. The molecular formula is C9H9KN2O2. The van der Waals surface area contributed by atoms with Gasteiger partial charge in [-0.2, -0.15) is 5.10 Å². The Morgan fingerprint density at radius 3 is 2.86 bits per heavy atom. The molecule has 0 atom stereocenters. The molecule has 0 saturated heterocycles. The number of nitrogens with zero attached hydrogens (tertiary/aromatic N) is 2. The molecule has 1 aromatic carbocycles. The summed E-state index contributed by atoms with van der Waals surface area (Å²) in [6.07, 6.45) is 1.71. The first kappa shape index (κ1) is 11.9. The van der Waals surface area contributed by atoms with E-state index in [1.54, 1.807) is 36.1 Å². The number of carboxylic acids is 1. The summed E-state index contributed by atoms with van der Waals surface area (Å²) in [7, 11) is 1.77. The van der Waals surface area contributed by atoms with E-state index in [1.165, 1.54) is 0 Å². The van der Waals surface area contributed by atoms with E-state index in [0.717, 1.165) is 0 Å². The molecule has 0 aliphatic rings. The predicted molar refractivity (Wildman–Crippen MR) is 54.8 cm³/mol. The third kappa shape index (κ3) is 2.07. The summed E-state index contributed by atoms with van der Waals surface area (Å²) in [5, 5.41) is 13.6. The average molecular weight is 216 g/mol. The minimum absolute atomic E-state index is 0. The zero-order valence-corrected chi connectivity index (χ0v) is 7.06. The van der Waals surface area contributed by atoms with Gasteiger partial charge in [-0.25, -0.2) is 4.79 Å². The molecule has 1 aromatic heterocycles. The Kier molecular flexibility index (Phi) is 3.85. The van der Waals surface area contributed by atoms with Crippen molar-refractivity contribution in [3.63, 3.8) is 0 Å². The van der Waals surface area contributed by atoms with Crippen molar-refractivity contribution >= 4 is 68.3 Å². The number of hydrogen-bond donors (Lipinski definition) is 1. The molecule has 0 radical (unpaired) electrons. The second-order valence-corrected chi connectivity index (χ2v) is 2.85. The first-order valence-corrected chi connectivity index (χ1v) is 3.84. The van der Waals surface area contributed by atoms with E-state index in [4.69, 9.17) is 5.11 Å². The molecule has 4 nitrogen and oxygen atoms in total. The first-order chi connectivity index (χ1) is 6.18. The van der Waals surface area contributed by atoms with Crippen LogP contribution in [0.15, 0.2) is 24.4 Å². The quantitative estimate of drug-likeness (QED) is 0.711. The zero-order chi connectivity index (χ0) is 9.42. The van der Waals surface area contributed by atoms with E-state index in [-0.39, 0.29) is 51.4 Å². The molecule has 0 saturated carbocycles. The number of carboxylic acid groups (broad SMARTS) is 1. The van der Waals surface area contributed by atoms with Crippen LogP contribution in [-0.2, 0) is 7.05 Å². The third-order valence-corrected chi connectivity index (χ3v) is 1.89. The third-order valence-electron chi connectivity index (χ3n) is 1.89. The maximum absolute atomic E-state index is 10.8. The molecular weight excluding hydrogens is 207 g/mol. The fourth-order valence-corrected chi connectivity index (χ4v) is 1.35. The predicted octanol–water partition coefficient (Wildman–Crippen LogP) is 0.623. The Balaban J connectivity index is 0.000000980. The van der Waals surface area contributed by atoms with E-state index in [1.807, 2.05) is 0 Å². The summed E-state index contributed by atoms with van der Waals surface area (Å²) < 4.78 is 1.61. The second-order valence-electron chi connectivity index (χ2n) is 2.85. The monoisotopic (exact) mass is 216 g/mol. The van der Waals surface area contributed by atoms with Crippen molar-refractivity contribution < 1.29 is 9.90 Å². The van der Waals surface area contributed by atoms with Crippen LogP contribution in [0, 0.1) is 0 Å². The van der Waals surface area contributed by atoms with Crippen LogP contribution in [0.3, 0.4) is 0 Å². The number of aromatic nitrogens is 2. The van der Waals surface area contributed by atoms with Crippen molar-refractivity contribution in [2.24, 2.45) is 7.05 Å². The van der Waals surface area contributed by atoms with Crippen molar-refractivity contribution in [3.8, 4) is 0 Å². The minimum atomic E-state index is -0.918. The van der Waals surface area contributed by atoms with E-state index in [9.17, 15) is 4.79 Å². The summed E-state index contributed by atoms with van der Waals surface area (Å²) >= 11 is 0. The summed E-state index contributed by atoms with van der Waals surface area (Å²) in [5.41, 5.74) is 1.01. The molecule has 0 fully saturated rings. The molecule has 2 aromatic rings. The zero-order valence-electron chi connectivity index (χ0n) is 7.06. The van der Waals surface area contributed by atoms with Gasteiger partial charge in [0, 0.05) is 18.6 Å². The summed E-state index contributed by atoms with van der Waals surface area (Å²) in [6.45, 7) is 0. The molecule has 0 spiro atoms. The molecule has 0 bridgehead atoms. The van der Waals surface area contributed by atoms with Gasteiger partial charge < -0.3 is 5.11 Å². The van der Waals surface area contributed by atoms with Crippen LogP contribution in [0.5, 0.6) is 0 Å². The molecule has 0 aliphatic carbocycles. The van der Waals surface area contributed by atoms with Gasteiger partial charge in [0.1, 0.15) is 0 Å². The van der Waals surface area contributed by atoms with Gasteiger partial charge in [0.2, 0.25) is 0 Å². The van der Waals surface area contributed by atoms with Gasteiger partial charge in [0.25, 0.3) is 0 Å². The fraction of sp³-hybridized carbons (Fsp3) is 0.111. The van der Waals surface area contributed by atoms with Crippen LogP contribution < -0.4 is 0 Å². The number of rotatable bonds is 1. The number of fused-ring (bicyclic) bond motifs is 1. The molecule has 14 heavy (non-hydrogen) atoms. The molecule has 5 heteroatoms. The molecule has 0 aliphatic heterocycles. The van der Waals surface area contributed by atoms with Crippen LogP contribution >= 0.6 is 0 Å². The van der Waals surface area contributed by atoms with Gasteiger partial charge in [-0.1, -0.05) is 6.07 Å². The average Bonchev–Trinajstić information content (AvgIpc) is 2.43. The molecule has 1 heterocycles.